The highest BCUT2D eigenvalue weighted by Gasteiger charge is 2.31. The van der Waals surface area contributed by atoms with Crippen molar-refractivity contribution >= 4 is 16.8 Å². The van der Waals surface area contributed by atoms with E-state index in [-0.39, 0.29) is 24.0 Å². The number of hydrogen-bond acceptors (Lipinski definition) is 4. The van der Waals surface area contributed by atoms with Crippen molar-refractivity contribution in [1.29, 1.82) is 0 Å². The van der Waals surface area contributed by atoms with Crippen molar-refractivity contribution in [2.45, 2.75) is 18.8 Å². The molecule has 4 rings (SSSR count). The van der Waals surface area contributed by atoms with E-state index in [1.54, 1.807) is 30.3 Å². The van der Waals surface area contributed by atoms with Crippen LogP contribution in [0.5, 0.6) is 11.6 Å². The Labute approximate surface area is 162 Å². The molecule has 0 bridgehead atoms. The van der Waals surface area contributed by atoms with Crippen LogP contribution in [0.1, 0.15) is 22.5 Å². The molecule has 0 saturated carbocycles. The summed E-state index contributed by atoms with van der Waals surface area (Å²) in [7, 11) is 0. The summed E-state index contributed by atoms with van der Waals surface area (Å²) in [6, 6.07) is 10.1. The molecule has 0 N–H and O–H groups in total. The van der Waals surface area contributed by atoms with Gasteiger partial charge >= 0.3 is 6.18 Å². The lowest BCUT2D eigenvalue weighted by Gasteiger charge is -2.14. The molecule has 1 amide bonds. The zero-order valence-electron chi connectivity index (χ0n) is 15.0. The SMILES string of the molecule is O=C(c1ccc2cc(Oc3ccc(C(F)(F)F)cn3)ccc2n1)N1CC[C@H](F)C1. The predicted molar refractivity (Wildman–Crippen MR) is 96.5 cm³/mol. The van der Waals surface area contributed by atoms with E-state index in [9.17, 15) is 22.4 Å². The van der Waals surface area contributed by atoms with Crippen molar-refractivity contribution in [2.24, 2.45) is 0 Å². The number of hydrogen-bond donors (Lipinski definition) is 0. The van der Waals surface area contributed by atoms with Gasteiger partial charge in [0.25, 0.3) is 5.91 Å². The van der Waals surface area contributed by atoms with Crippen LogP contribution in [0.3, 0.4) is 0 Å². The van der Waals surface area contributed by atoms with Gasteiger partial charge in [-0.2, -0.15) is 13.2 Å². The molecule has 3 aromatic rings. The van der Waals surface area contributed by atoms with E-state index < -0.39 is 17.9 Å². The zero-order valence-corrected chi connectivity index (χ0v) is 15.0. The lowest BCUT2D eigenvalue weighted by molar-refractivity contribution is -0.137. The second-order valence-corrected chi connectivity index (χ2v) is 6.67. The van der Waals surface area contributed by atoms with Gasteiger partial charge in [-0.05, 0) is 36.8 Å². The number of likely N-dealkylation sites (tertiary alicyclic amines) is 1. The van der Waals surface area contributed by atoms with Crippen molar-refractivity contribution in [3.8, 4) is 11.6 Å². The molecule has 0 unspecified atom stereocenters. The van der Waals surface area contributed by atoms with Crippen LogP contribution in [-0.4, -0.2) is 40.0 Å². The fourth-order valence-corrected chi connectivity index (χ4v) is 3.08. The predicted octanol–water partition coefficient (Wildman–Crippen LogP) is 4.62. The first-order chi connectivity index (χ1) is 13.8. The molecule has 150 valence electrons. The highest BCUT2D eigenvalue weighted by molar-refractivity contribution is 5.95. The van der Waals surface area contributed by atoms with Gasteiger partial charge in [-0.1, -0.05) is 6.07 Å². The number of halogens is 4. The number of aromatic nitrogens is 2. The summed E-state index contributed by atoms with van der Waals surface area (Å²) < 4.78 is 56.6. The fourth-order valence-electron chi connectivity index (χ4n) is 3.08. The molecule has 0 aliphatic carbocycles. The Bertz CT molecular complexity index is 1050. The summed E-state index contributed by atoms with van der Waals surface area (Å²) in [5.74, 6) is 0.0682. The van der Waals surface area contributed by atoms with E-state index in [0.29, 0.717) is 35.8 Å². The molecule has 1 aliphatic rings. The standard InChI is InChI=1S/C20H15F4N3O2/c21-14-7-8-27(11-14)19(28)17-4-1-12-9-15(3-5-16(12)26-17)29-18-6-2-13(10-25-18)20(22,23)24/h1-6,9-10,14H,7-8,11H2/t14-/m0/s1. The number of alkyl halides is 4. The maximum atomic E-state index is 13.3. The minimum absolute atomic E-state index is 0.0203. The van der Waals surface area contributed by atoms with Crippen molar-refractivity contribution in [2.75, 3.05) is 13.1 Å². The minimum atomic E-state index is -4.46. The third-order valence-corrected chi connectivity index (χ3v) is 4.58. The molecule has 9 heteroatoms. The summed E-state index contributed by atoms with van der Waals surface area (Å²) in [6.45, 7) is 0.443. The first-order valence-electron chi connectivity index (χ1n) is 8.85. The number of fused-ring (bicyclic) bond motifs is 1. The van der Waals surface area contributed by atoms with Gasteiger partial charge in [0.15, 0.2) is 0 Å². The van der Waals surface area contributed by atoms with E-state index in [1.165, 1.54) is 4.90 Å². The van der Waals surface area contributed by atoms with Crippen molar-refractivity contribution in [3.05, 3.63) is 59.9 Å². The third-order valence-electron chi connectivity index (χ3n) is 4.58. The number of benzene rings is 1. The number of amides is 1. The molecule has 1 aliphatic heterocycles. The van der Waals surface area contributed by atoms with E-state index in [4.69, 9.17) is 4.74 Å². The maximum absolute atomic E-state index is 13.3. The Morgan fingerprint density at radius 2 is 1.97 bits per heavy atom. The van der Waals surface area contributed by atoms with Crippen LogP contribution >= 0.6 is 0 Å². The van der Waals surface area contributed by atoms with Gasteiger partial charge in [0.2, 0.25) is 5.88 Å². The van der Waals surface area contributed by atoms with E-state index in [1.807, 2.05) is 0 Å². The van der Waals surface area contributed by atoms with Crippen LogP contribution in [0.4, 0.5) is 17.6 Å². The quantitative estimate of drug-likeness (QED) is 0.597. The van der Waals surface area contributed by atoms with Crippen LogP contribution in [0, 0.1) is 0 Å². The highest BCUT2D eigenvalue weighted by atomic mass is 19.4. The van der Waals surface area contributed by atoms with Gasteiger partial charge in [-0.3, -0.25) is 4.79 Å². The first-order valence-corrected chi connectivity index (χ1v) is 8.85. The van der Waals surface area contributed by atoms with Gasteiger partial charge < -0.3 is 9.64 Å². The molecule has 1 atom stereocenters. The third kappa shape index (κ3) is 4.13. The molecule has 1 aromatic carbocycles. The number of ether oxygens (including phenoxy) is 1. The summed E-state index contributed by atoms with van der Waals surface area (Å²) in [5.41, 5.74) is -0.0916. The number of rotatable bonds is 3. The molecule has 2 aromatic heterocycles. The summed E-state index contributed by atoms with van der Waals surface area (Å²) >= 11 is 0. The van der Waals surface area contributed by atoms with Gasteiger partial charge in [0, 0.05) is 24.2 Å². The second-order valence-electron chi connectivity index (χ2n) is 6.67. The number of nitrogens with zero attached hydrogens (tertiary/aromatic N) is 3. The lowest BCUT2D eigenvalue weighted by Crippen LogP contribution is -2.29. The molecule has 3 heterocycles. The topological polar surface area (TPSA) is 55.3 Å². The van der Waals surface area contributed by atoms with Crippen molar-refractivity contribution in [1.82, 2.24) is 14.9 Å². The Balaban J connectivity index is 1.52. The van der Waals surface area contributed by atoms with Gasteiger partial charge in [0.05, 0.1) is 17.6 Å². The van der Waals surface area contributed by atoms with Crippen LogP contribution in [0.2, 0.25) is 0 Å². The van der Waals surface area contributed by atoms with Crippen molar-refractivity contribution < 1.29 is 27.1 Å². The van der Waals surface area contributed by atoms with Crippen LogP contribution < -0.4 is 4.74 Å². The number of carbonyl (C=O) groups excluding carboxylic acids is 1. The molecule has 1 fully saturated rings. The maximum Gasteiger partial charge on any atom is 0.417 e. The molecule has 29 heavy (non-hydrogen) atoms. The smallest absolute Gasteiger partial charge is 0.417 e. The zero-order chi connectivity index (χ0) is 20.6. The molecular formula is C20H15F4N3O2. The summed E-state index contributed by atoms with van der Waals surface area (Å²) in [6.07, 6.45) is -4.43. The number of pyridine rings is 2. The first kappa shape index (κ1) is 19.1. The molecule has 5 nitrogen and oxygen atoms in total. The van der Waals surface area contributed by atoms with Gasteiger partial charge in [-0.15, -0.1) is 0 Å². The average molecular weight is 405 g/mol. The van der Waals surface area contributed by atoms with Crippen LogP contribution in [-0.2, 0) is 6.18 Å². The monoisotopic (exact) mass is 405 g/mol. The number of carbonyl (C=O) groups is 1. The molecule has 0 radical (unpaired) electrons. The lowest BCUT2D eigenvalue weighted by atomic mass is 10.2. The largest absolute Gasteiger partial charge is 0.439 e. The second kappa shape index (κ2) is 7.31. The molecule has 0 spiro atoms. The Hall–Kier alpha value is -3.23. The van der Waals surface area contributed by atoms with E-state index >= 15 is 0 Å². The minimum Gasteiger partial charge on any atom is -0.439 e. The van der Waals surface area contributed by atoms with E-state index in [0.717, 1.165) is 12.1 Å². The van der Waals surface area contributed by atoms with Crippen molar-refractivity contribution in [3.63, 3.8) is 0 Å². The Morgan fingerprint density at radius 3 is 2.62 bits per heavy atom. The van der Waals surface area contributed by atoms with Crippen LogP contribution in [0.25, 0.3) is 10.9 Å². The Kier molecular flexibility index (Phi) is 4.81. The fraction of sp³-hybridized carbons (Fsp3) is 0.250. The normalized spacial score (nSPS) is 17.0. The Morgan fingerprint density at radius 1 is 1.14 bits per heavy atom. The highest BCUT2D eigenvalue weighted by Crippen LogP contribution is 2.30. The molecular weight excluding hydrogens is 390 g/mol. The van der Waals surface area contributed by atoms with E-state index in [2.05, 4.69) is 9.97 Å². The van der Waals surface area contributed by atoms with Gasteiger partial charge in [-0.25, -0.2) is 14.4 Å². The summed E-state index contributed by atoms with van der Waals surface area (Å²) in [4.78, 5) is 21.9. The summed E-state index contributed by atoms with van der Waals surface area (Å²) in [5, 5.41) is 0.677. The van der Waals surface area contributed by atoms with Crippen LogP contribution in [0.15, 0.2) is 48.7 Å². The average Bonchev–Trinajstić information content (AvgIpc) is 3.13. The molecule has 1 saturated heterocycles. The van der Waals surface area contributed by atoms with Gasteiger partial charge in [0.1, 0.15) is 17.6 Å².